The highest BCUT2D eigenvalue weighted by Crippen LogP contribution is 2.21. The van der Waals surface area contributed by atoms with Gasteiger partial charge in [-0.05, 0) is 37.1 Å². The number of anilines is 1. The summed E-state index contributed by atoms with van der Waals surface area (Å²) in [4.78, 5) is 2.62. The standard InChI is InChI=1S/C13H20N2O2S/c1-2-18(16,17)13-7-5-12(6-8-13)15-9-3-4-11(14)10-15/h5-8,11H,2-4,9-10,14H2,1H3/t11-/m1/s1. The molecule has 0 radical (unpaired) electrons. The molecule has 0 unspecified atom stereocenters. The average Bonchev–Trinajstić information content (AvgIpc) is 2.39. The molecular weight excluding hydrogens is 248 g/mol. The van der Waals surface area contributed by atoms with E-state index in [0.717, 1.165) is 31.6 Å². The minimum Gasteiger partial charge on any atom is -0.370 e. The molecule has 1 heterocycles. The summed E-state index contributed by atoms with van der Waals surface area (Å²) in [6, 6.07) is 7.35. The Kier molecular flexibility index (Phi) is 3.92. The smallest absolute Gasteiger partial charge is 0.178 e. The highest BCUT2D eigenvalue weighted by atomic mass is 32.2. The molecule has 100 valence electrons. The second-order valence-electron chi connectivity index (χ2n) is 4.75. The van der Waals surface area contributed by atoms with Crippen molar-refractivity contribution >= 4 is 15.5 Å². The third-order valence-electron chi connectivity index (χ3n) is 3.40. The lowest BCUT2D eigenvalue weighted by Gasteiger charge is -2.32. The molecule has 2 rings (SSSR count). The Morgan fingerprint density at radius 2 is 2.00 bits per heavy atom. The molecule has 0 saturated carbocycles. The molecule has 1 aliphatic rings. The second kappa shape index (κ2) is 5.28. The molecule has 0 aromatic heterocycles. The van der Waals surface area contributed by atoms with Gasteiger partial charge >= 0.3 is 0 Å². The van der Waals surface area contributed by atoms with E-state index in [4.69, 9.17) is 5.73 Å². The third kappa shape index (κ3) is 2.84. The molecule has 5 heteroatoms. The van der Waals surface area contributed by atoms with Gasteiger partial charge in [0.15, 0.2) is 9.84 Å². The van der Waals surface area contributed by atoms with Gasteiger partial charge in [-0.25, -0.2) is 8.42 Å². The van der Waals surface area contributed by atoms with Crippen molar-refractivity contribution in [2.45, 2.75) is 30.7 Å². The molecule has 1 fully saturated rings. The Morgan fingerprint density at radius 1 is 1.33 bits per heavy atom. The molecule has 4 nitrogen and oxygen atoms in total. The Morgan fingerprint density at radius 3 is 2.56 bits per heavy atom. The van der Waals surface area contributed by atoms with Gasteiger partial charge < -0.3 is 10.6 Å². The molecule has 0 spiro atoms. The molecule has 0 amide bonds. The number of piperidine rings is 1. The van der Waals surface area contributed by atoms with Crippen molar-refractivity contribution in [3.63, 3.8) is 0 Å². The third-order valence-corrected chi connectivity index (χ3v) is 5.15. The number of hydrogen-bond acceptors (Lipinski definition) is 4. The molecule has 0 bridgehead atoms. The lowest BCUT2D eigenvalue weighted by Crippen LogP contribution is -2.42. The van der Waals surface area contributed by atoms with Crippen molar-refractivity contribution in [3.8, 4) is 0 Å². The number of sulfone groups is 1. The van der Waals surface area contributed by atoms with Gasteiger partial charge in [0.05, 0.1) is 10.6 Å². The second-order valence-corrected chi connectivity index (χ2v) is 7.02. The van der Waals surface area contributed by atoms with Gasteiger partial charge in [0.25, 0.3) is 0 Å². The van der Waals surface area contributed by atoms with Crippen LogP contribution in [-0.4, -0.2) is 33.3 Å². The van der Waals surface area contributed by atoms with Crippen LogP contribution in [0.4, 0.5) is 5.69 Å². The average molecular weight is 268 g/mol. The van der Waals surface area contributed by atoms with Gasteiger partial charge in [0.1, 0.15) is 0 Å². The molecule has 0 aliphatic carbocycles. The van der Waals surface area contributed by atoms with Crippen LogP contribution in [0, 0.1) is 0 Å². The molecule has 1 aliphatic heterocycles. The van der Waals surface area contributed by atoms with Gasteiger partial charge in [-0.15, -0.1) is 0 Å². The van der Waals surface area contributed by atoms with E-state index in [1.165, 1.54) is 0 Å². The van der Waals surface area contributed by atoms with Crippen molar-refractivity contribution in [1.82, 2.24) is 0 Å². The molecule has 2 N–H and O–H groups in total. The van der Waals surface area contributed by atoms with E-state index in [1.807, 2.05) is 12.1 Å². The van der Waals surface area contributed by atoms with E-state index in [-0.39, 0.29) is 11.8 Å². The Labute approximate surface area is 109 Å². The number of nitrogens with two attached hydrogens (primary N) is 1. The zero-order valence-corrected chi connectivity index (χ0v) is 11.5. The Hall–Kier alpha value is -1.07. The van der Waals surface area contributed by atoms with Crippen LogP contribution in [0.25, 0.3) is 0 Å². The highest BCUT2D eigenvalue weighted by Gasteiger charge is 2.17. The van der Waals surface area contributed by atoms with Crippen molar-refractivity contribution in [2.24, 2.45) is 5.73 Å². The van der Waals surface area contributed by atoms with E-state index >= 15 is 0 Å². The normalized spacial score (nSPS) is 21.0. The molecule has 1 aromatic rings. The first kappa shape index (κ1) is 13.4. The molecule has 1 aromatic carbocycles. The fraction of sp³-hybridized carbons (Fsp3) is 0.538. The van der Waals surface area contributed by atoms with Crippen molar-refractivity contribution in [3.05, 3.63) is 24.3 Å². The summed E-state index contributed by atoms with van der Waals surface area (Å²) in [6.45, 7) is 3.50. The summed E-state index contributed by atoms with van der Waals surface area (Å²) in [7, 11) is -3.10. The quantitative estimate of drug-likeness (QED) is 0.900. The van der Waals surface area contributed by atoms with Crippen molar-refractivity contribution < 1.29 is 8.42 Å². The van der Waals surface area contributed by atoms with Gasteiger partial charge in [0.2, 0.25) is 0 Å². The van der Waals surface area contributed by atoms with Crippen molar-refractivity contribution in [1.29, 1.82) is 0 Å². The maximum atomic E-state index is 11.7. The van der Waals surface area contributed by atoms with Crippen LogP contribution in [0.3, 0.4) is 0 Å². The summed E-state index contributed by atoms with van der Waals surface area (Å²) >= 11 is 0. The van der Waals surface area contributed by atoms with Crippen LogP contribution < -0.4 is 10.6 Å². The highest BCUT2D eigenvalue weighted by molar-refractivity contribution is 7.91. The van der Waals surface area contributed by atoms with E-state index < -0.39 is 9.84 Å². The lowest BCUT2D eigenvalue weighted by atomic mass is 10.1. The Balaban J connectivity index is 2.17. The van der Waals surface area contributed by atoms with Gasteiger partial charge in [-0.3, -0.25) is 0 Å². The zero-order chi connectivity index (χ0) is 13.2. The van der Waals surface area contributed by atoms with Gasteiger partial charge in [0, 0.05) is 24.8 Å². The van der Waals surface area contributed by atoms with Crippen LogP contribution in [0.15, 0.2) is 29.2 Å². The van der Waals surface area contributed by atoms with E-state index in [1.54, 1.807) is 19.1 Å². The van der Waals surface area contributed by atoms with E-state index in [0.29, 0.717) is 4.90 Å². The van der Waals surface area contributed by atoms with Crippen LogP contribution in [0.5, 0.6) is 0 Å². The number of rotatable bonds is 3. The summed E-state index contributed by atoms with van der Waals surface area (Å²) in [5.74, 6) is 0.140. The predicted octanol–water partition coefficient (Wildman–Crippen LogP) is 1.41. The minimum atomic E-state index is -3.10. The minimum absolute atomic E-state index is 0.140. The summed E-state index contributed by atoms with van der Waals surface area (Å²) in [6.07, 6.45) is 2.16. The van der Waals surface area contributed by atoms with Gasteiger partial charge in [-0.1, -0.05) is 6.92 Å². The largest absolute Gasteiger partial charge is 0.370 e. The first-order valence-electron chi connectivity index (χ1n) is 6.36. The zero-order valence-electron chi connectivity index (χ0n) is 10.7. The lowest BCUT2D eigenvalue weighted by molar-refractivity contribution is 0.506. The first-order valence-corrected chi connectivity index (χ1v) is 8.01. The fourth-order valence-corrected chi connectivity index (χ4v) is 3.16. The maximum Gasteiger partial charge on any atom is 0.178 e. The first-order chi connectivity index (χ1) is 8.53. The van der Waals surface area contributed by atoms with Crippen LogP contribution >= 0.6 is 0 Å². The summed E-state index contributed by atoms with van der Waals surface area (Å²) < 4.78 is 23.4. The van der Waals surface area contributed by atoms with E-state index in [9.17, 15) is 8.42 Å². The van der Waals surface area contributed by atoms with Crippen LogP contribution in [-0.2, 0) is 9.84 Å². The number of nitrogens with zero attached hydrogens (tertiary/aromatic N) is 1. The fourth-order valence-electron chi connectivity index (χ4n) is 2.28. The van der Waals surface area contributed by atoms with Crippen LogP contribution in [0.2, 0.25) is 0 Å². The van der Waals surface area contributed by atoms with E-state index in [2.05, 4.69) is 4.90 Å². The SMILES string of the molecule is CCS(=O)(=O)c1ccc(N2CCC[C@@H](N)C2)cc1. The predicted molar refractivity (Wildman–Crippen MR) is 73.6 cm³/mol. The molecule has 1 atom stereocenters. The maximum absolute atomic E-state index is 11.7. The van der Waals surface area contributed by atoms with Crippen molar-refractivity contribution in [2.75, 3.05) is 23.7 Å². The summed E-state index contributed by atoms with van der Waals surface area (Å²) in [5, 5.41) is 0. The molecule has 1 saturated heterocycles. The van der Waals surface area contributed by atoms with Crippen LogP contribution in [0.1, 0.15) is 19.8 Å². The molecular formula is C13H20N2O2S. The summed E-state index contributed by atoms with van der Waals surface area (Å²) in [5.41, 5.74) is 7.00. The number of benzene rings is 1. The van der Waals surface area contributed by atoms with Gasteiger partial charge in [-0.2, -0.15) is 0 Å². The molecule has 18 heavy (non-hydrogen) atoms. The topological polar surface area (TPSA) is 63.4 Å². The monoisotopic (exact) mass is 268 g/mol. The number of hydrogen-bond donors (Lipinski definition) is 1. The Bertz CT molecular complexity index is 496.